The van der Waals surface area contributed by atoms with Crippen LogP contribution in [0.15, 0.2) is 0 Å². The molecule has 7 unspecified atom stereocenters. The van der Waals surface area contributed by atoms with Crippen molar-refractivity contribution in [2.45, 2.75) is 64.2 Å². The van der Waals surface area contributed by atoms with E-state index < -0.39 is 6.04 Å². The van der Waals surface area contributed by atoms with Crippen LogP contribution in [0.2, 0.25) is 0 Å². The molecule has 4 bridgehead atoms. The lowest BCUT2D eigenvalue weighted by molar-refractivity contribution is -0.152. The van der Waals surface area contributed by atoms with E-state index in [2.05, 4.69) is 6.92 Å². The van der Waals surface area contributed by atoms with E-state index >= 15 is 0 Å². The lowest BCUT2D eigenvalue weighted by Crippen LogP contribution is -2.50. The number of hydrogen-bond acceptors (Lipinski definition) is 4. The first-order chi connectivity index (χ1) is 12.9. The predicted octanol–water partition coefficient (Wildman–Crippen LogP) is 1.43. The Kier molecular flexibility index (Phi) is 3.14. The number of imide groups is 1. The molecule has 27 heavy (non-hydrogen) atoms. The highest BCUT2D eigenvalue weighted by Crippen LogP contribution is 2.62. The smallest absolute Gasteiger partial charge is 0.245 e. The molecule has 0 N–H and O–H groups in total. The van der Waals surface area contributed by atoms with Crippen molar-refractivity contribution in [3.05, 3.63) is 0 Å². The van der Waals surface area contributed by atoms with Crippen molar-refractivity contribution >= 4 is 17.7 Å². The third-order valence-corrected chi connectivity index (χ3v) is 9.15. The molecule has 146 valence electrons. The van der Waals surface area contributed by atoms with Gasteiger partial charge in [0.05, 0.1) is 24.0 Å². The van der Waals surface area contributed by atoms with Gasteiger partial charge in [-0.3, -0.25) is 19.3 Å². The van der Waals surface area contributed by atoms with Gasteiger partial charge in [0.1, 0.15) is 6.04 Å². The molecule has 2 saturated carbocycles. The largest absolute Gasteiger partial charge is 0.373 e. The minimum absolute atomic E-state index is 0.0417. The van der Waals surface area contributed by atoms with Gasteiger partial charge in [-0.15, -0.1) is 0 Å². The van der Waals surface area contributed by atoms with Gasteiger partial charge in [-0.05, 0) is 62.2 Å². The quantitative estimate of drug-likeness (QED) is 0.688. The van der Waals surface area contributed by atoms with E-state index in [1.54, 1.807) is 6.92 Å². The molecule has 0 radical (unpaired) electrons. The van der Waals surface area contributed by atoms with Crippen LogP contribution in [0.1, 0.15) is 46.0 Å². The fourth-order valence-corrected chi connectivity index (χ4v) is 7.80. The van der Waals surface area contributed by atoms with Gasteiger partial charge in [0.25, 0.3) is 0 Å². The number of ether oxygens (including phenoxy) is 1. The van der Waals surface area contributed by atoms with Crippen molar-refractivity contribution in [2.24, 2.45) is 35.0 Å². The number of fused-ring (bicyclic) bond motifs is 10. The summed E-state index contributed by atoms with van der Waals surface area (Å²) in [4.78, 5) is 42.5. The van der Waals surface area contributed by atoms with Gasteiger partial charge in [-0.1, -0.05) is 6.92 Å². The fraction of sp³-hybridized carbons (Fsp3) is 0.857. The van der Waals surface area contributed by atoms with Crippen LogP contribution >= 0.6 is 0 Å². The molecule has 3 amide bonds. The third kappa shape index (κ3) is 1.88. The Balaban J connectivity index is 1.22. The van der Waals surface area contributed by atoms with Gasteiger partial charge < -0.3 is 9.64 Å². The molecule has 2 aliphatic carbocycles. The van der Waals surface area contributed by atoms with Crippen LogP contribution in [0, 0.1) is 35.0 Å². The molecule has 0 aromatic rings. The maximum atomic E-state index is 13.3. The molecule has 4 saturated heterocycles. The zero-order chi connectivity index (χ0) is 18.7. The highest BCUT2D eigenvalue weighted by molar-refractivity contribution is 6.09. The molecule has 0 aromatic heterocycles. The van der Waals surface area contributed by atoms with E-state index in [9.17, 15) is 14.4 Å². The molecule has 4 aliphatic heterocycles. The van der Waals surface area contributed by atoms with Gasteiger partial charge in [-0.2, -0.15) is 0 Å². The van der Waals surface area contributed by atoms with Crippen molar-refractivity contribution in [1.82, 2.24) is 9.80 Å². The van der Waals surface area contributed by atoms with Crippen LogP contribution < -0.4 is 0 Å². The van der Waals surface area contributed by atoms with E-state index in [1.165, 1.54) is 24.2 Å². The van der Waals surface area contributed by atoms with E-state index in [4.69, 9.17) is 4.74 Å². The summed E-state index contributed by atoms with van der Waals surface area (Å²) >= 11 is 0. The molecule has 6 fully saturated rings. The van der Waals surface area contributed by atoms with Gasteiger partial charge in [0, 0.05) is 13.1 Å². The van der Waals surface area contributed by atoms with Gasteiger partial charge >= 0.3 is 0 Å². The van der Waals surface area contributed by atoms with Crippen molar-refractivity contribution < 1.29 is 19.1 Å². The number of carbonyl (C=O) groups is 3. The molecule has 6 nitrogen and oxygen atoms in total. The SMILES string of the molecule is CC(C(=O)N1CC2[C@@H]3CC[C@@H](C3)C2(C)C1)N1C(=O)C2C3CCC(O3)C2C1=O. The minimum Gasteiger partial charge on any atom is -0.373 e. The molecular weight excluding hydrogens is 344 g/mol. The van der Waals surface area contributed by atoms with Crippen LogP contribution in [0.25, 0.3) is 0 Å². The second-order valence-corrected chi connectivity index (χ2v) is 10.2. The van der Waals surface area contributed by atoms with E-state index in [0.29, 0.717) is 5.92 Å². The third-order valence-electron chi connectivity index (χ3n) is 9.15. The van der Waals surface area contributed by atoms with E-state index in [-0.39, 0.29) is 47.2 Å². The van der Waals surface area contributed by atoms with Crippen molar-refractivity contribution in [3.8, 4) is 0 Å². The number of carbonyl (C=O) groups excluding carboxylic acids is 3. The second kappa shape index (κ2) is 5.13. The summed E-state index contributed by atoms with van der Waals surface area (Å²) in [6, 6.07) is -0.685. The number of amides is 3. The van der Waals surface area contributed by atoms with Crippen LogP contribution in [0.3, 0.4) is 0 Å². The normalized spacial score (nSPS) is 50.7. The molecule has 0 spiro atoms. The topological polar surface area (TPSA) is 66.9 Å². The van der Waals surface area contributed by atoms with Crippen LogP contribution in [0.4, 0.5) is 0 Å². The average molecular weight is 372 g/mol. The van der Waals surface area contributed by atoms with Crippen molar-refractivity contribution in [1.29, 1.82) is 0 Å². The average Bonchev–Trinajstić information content (AvgIpc) is 3.43. The molecule has 0 aromatic carbocycles. The van der Waals surface area contributed by atoms with E-state index in [1.807, 2.05) is 4.90 Å². The Hall–Kier alpha value is -1.43. The molecular formula is C21H28N2O4. The highest BCUT2D eigenvalue weighted by Gasteiger charge is 2.64. The Morgan fingerprint density at radius 3 is 2.41 bits per heavy atom. The summed E-state index contributed by atoms with van der Waals surface area (Å²) in [6.45, 7) is 5.69. The molecule has 6 heteroatoms. The molecule has 9 atom stereocenters. The van der Waals surface area contributed by atoms with Crippen LogP contribution in [-0.2, 0) is 19.1 Å². The van der Waals surface area contributed by atoms with Crippen molar-refractivity contribution in [3.63, 3.8) is 0 Å². The lowest BCUT2D eigenvalue weighted by atomic mass is 9.70. The number of hydrogen-bond donors (Lipinski definition) is 0. The summed E-state index contributed by atoms with van der Waals surface area (Å²) in [5, 5.41) is 0. The number of rotatable bonds is 2. The maximum Gasteiger partial charge on any atom is 0.245 e. The second-order valence-electron chi connectivity index (χ2n) is 10.2. The summed E-state index contributed by atoms with van der Waals surface area (Å²) in [6.07, 6.45) is 5.40. The van der Waals surface area contributed by atoms with Crippen molar-refractivity contribution in [2.75, 3.05) is 13.1 Å². The summed E-state index contributed by atoms with van der Waals surface area (Å²) in [7, 11) is 0. The Labute approximate surface area is 159 Å². The van der Waals surface area contributed by atoms with Gasteiger partial charge in [0.15, 0.2) is 0 Å². The first-order valence-corrected chi connectivity index (χ1v) is 10.7. The maximum absolute atomic E-state index is 13.3. The minimum atomic E-state index is -0.685. The fourth-order valence-electron chi connectivity index (χ4n) is 7.80. The standard InChI is InChI=1S/C21H28N2O4/c1-10(23-19(25)16-14-5-6-15(27-14)17(16)20(23)26)18(24)22-8-13-11-3-4-12(7-11)21(13,2)9-22/h10-17H,3-9H2,1-2H3/t10?,11-,12+,13?,14?,15?,16?,17?,21?/m1/s1. The monoisotopic (exact) mass is 372 g/mol. The lowest BCUT2D eigenvalue weighted by Gasteiger charge is -2.34. The zero-order valence-corrected chi connectivity index (χ0v) is 16.1. The van der Waals surface area contributed by atoms with Crippen LogP contribution in [-0.4, -0.2) is 58.9 Å². The molecule has 6 rings (SSSR count). The first kappa shape index (κ1) is 16.5. The predicted molar refractivity (Wildman–Crippen MR) is 95.2 cm³/mol. The van der Waals surface area contributed by atoms with Crippen LogP contribution in [0.5, 0.6) is 0 Å². The highest BCUT2D eigenvalue weighted by atomic mass is 16.5. The first-order valence-electron chi connectivity index (χ1n) is 10.7. The Bertz CT molecular complexity index is 724. The van der Waals surface area contributed by atoms with Gasteiger partial charge in [0.2, 0.25) is 17.7 Å². The Morgan fingerprint density at radius 2 is 1.78 bits per heavy atom. The Morgan fingerprint density at radius 1 is 1.11 bits per heavy atom. The molecule has 4 heterocycles. The number of nitrogens with zero attached hydrogens (tertiary/aromatic N) is 2. The zero-order valence-electron chi connectivity index (χ0n) is 16.1. The van der Waals surface area contributed by atoms with Gasteiger partial charge in [-0.25, -0.2) is 0 Å². The number of likely N-dealkylation sites (tertiary alicyclic amines) is 2. The molecule has 6 aliphatic rings. The summed E-state index contributed by atoms with van der Waals surface area (Å²) in [5.41, 5.74) is 0.237. The summed E-state index contributed by atoms with van der Waals surface area (Å²) < 4.78 is 5.80. The summed E-state index contributed by atoms with van der Waals surface area (Å²) in [5.74, 6) is 1.00. The van der Waals surface area contributed by atoms with E-state index in [0.717, 1.165) is 37.8 Å².